The lowest BCUT2D eigenvalue weighted by Gasteiger charge is -2.13. The van der Waals surface area contributed by atoms with Gasteiger partial charge in [-0.3, -0.25) is 14.4 Å². The van der Waals surface area contributed by atoms with Crippen LogP contribution in [0.2, 0.25) is 0 Å². The molecular weight excluding hydrogens is 248 g/mol. The molecule has 1 aromatic rings. The van der Waals surface area contributed by atoms with E-state index in [1.807, 2.05) is 30.3 Å². The molecular formula is C13H16N2O4. The Hall–Kier alpha value is -2.37. The molecule has 0 radical (unpaired) electrons. The van der Waals surface area contributed by atoms with Crippen LogP contribution in [0, 0.1) is 0 Å². The number of ether oxygens (including phenoxy) is 1. The summed E-state index contributed by atoms with van der Waals surface area (Å²) in [5.74, 6) is -1.80. The van der Waals surface area contributed by atoms with E-state index >= 15 is 0 Å². The average molecular weight is 264 g/mol. The van der Waals surface area contributed by atoms with Crippen LogP contribution in [0.15, 0.2) is 30.3 Å². The van der Waals surface area contributed by atoms with Crippen molar-refractivity contribution in [1.29, 1.82) is 0 Å². The van der Waals surface area contributed by atoms with E-state index < -0.39 is 23.8 Å². The van der Waals surface area contributed by atoms with Crippen molar-refractivity contribution < 1.29 is 19.1 Å². The van der Waals surface area contributed by atoms with Crippen LogP contribution in [0.3, 0.4) is 0 Å². The summed E-state index contributed by atoms with van der Waals surface area (Å²) in [4.78, 5) is 33.4. The van der Waals surface area contributed by atoms with Crippen molar-refractivity contribution in [2.75, 3.05) is 0 Å². The van der Waals surface area contributed by atoms with Gasteiger partial charge in [0.1, 0.15) is 12.6 Å². The largest absolute Gasteiger partial charge is 0.461 e. The Labute approximate surface area is 110 Å². The number of rotatable bonds is 6. The Bertz CT molecular complexity index is 459. The number of hydrogen-bond acceptors (Lipinski definition) is 4. The topological polar surface area (TPSA) is 98.5 Å². The van der Waals surface area contributed by atoms with Crippen LogP contribution >= 0.6 is 0 Å². The van der Waals surface area contributed by atoms with E-state index in [2.05, 4.69) is 5.32 Å². The molecule has 6 heteroatoms. The maximum atomic E-state index is 11.5. The molecule has 0 bridgehead atoms. The minimum Gasteiger partial charge on any atom is -0.461 e. The summed E-state index contributed by atoms with van der Waals surface area (Å²) in [6, 6.07) is 8.09. The summed E-state index contributed by atoms with van der Waals surface area (Å²) in [5.41, 5.74) is 5.92. The predicted molar refractivity (Wildman–Crippen MR) is 67.7 cm³/mol. The zero-order valence-corrected chi connectivity index (χ0v) is 10.6. The summed E-state index contributed by atoms with van der Waals surface area (Å²) >= 11 is 0. The average Bonchev–Trinajstić information content (AvgIpc) is 2.36. The molecule has 0 aliphatic rings. The summed E-state index contributed by atoms with van der Waals surface area (Å²) in [6.07, 6.45) is -0.276. The fourth-order valence-corrected chi connectivity index (χ4v) is 1.43. The Morgan fingerprint density at radius 1 is 1.26 bits per heavy atom. The van der Waals surface area contributed by atoms with E-state index in [1.165, 1.54) is 6.92 Å². The van der Waals surface area contributed by atoms with Crippen molar-refractivity contribution in [3.63, 3.8) is 0 Å². The molecule has 0 aromatic heterocycles. The number of amides is 2. The number of carbonyl (C=O) groups is 3. The Morgan fingerprint density at radius 3 is 2.42 bits per heavy atom. The quantitative estimate of drug-likeness (QED) is 0.712. The number of benzene rings is 1. The zero-order chi connectivity index (χ0) is 14.3. The highest BCUT2D eigenvalue weighted by atomic mass is 16.5. The van der Waals surface area contributed by atoms with Crippen LogP contribution in [0.1, 0.15) is 18.9 Å². The highest BCUT2D eigenvalue weighted by Crippen LogP contribution is 2.03. The van der Waals surface area contributed by atoms with Gasteiger partial charge in [0.15, 0.2) is 0 Å². The third kappa shape index (κ3) is 5.67. The highest BCUT2D eigenvalue weighted by Gasteiger charge is 2.21. The van der Waals surface area contributed by atoms with Crippen molar-refractivity contribution in [2.24, 2.45) is 5.73 Å². The van der Waals surface area contributed by atoms with Crippen molar-refractivity contribution in [3.05, 3.63) is 35.9 Å². The second-order valence-electron chi connectivity index (χ2n) is 4.01. The second-order valence-corrected chi connectivity index (χ2v) is 4.01. The van der Waals surface area contributed by atoms with Gasteiger partial charge < -0.3 is 15.8 Å². The normalized spacial score (nSPS) is 11.4. The van der Waals surface area contributed by atoms with E-state index in [9.17, 15) is 14.4 Å². The molecule has 0 saturated carbocycles. The van der Waals surface area contributed by atoms with Gasteiger partial charge in [-0.2, -0.15) is 0 Å². The zero-order valence-electron chi connectivity index (χ0n) is 10.6. The molecule has 3 N–H and O–H groups in total. The van der Waals surface area contributed by atoms with E-state index in [4.69, 9.17) is 10.5 Å². The van der Waals surface area contributed by atoms with Crippen LogP contribution in [0.4, 0.5) is 0 Å². The van der Waals surface area contributed by atoms with E-state index in [0.717, 1.165) is 5.56 Å². The smallest absolute Gasteiger partial charge is 0.308 e. The SMILES string of the molecule is CC(=O)N[C@H](CC(=O)OCc1ccccc1)C(N)=O. The van der Waals surface area contributed by atoms with Crippen molar-refractivity contribution in [2.45, 2.75) is 26.0 Å². The summed E-state index contributed by atoms with van der Waals surface area (Å²) in [7, 11) is 0. The van der Waals surface area contributed by atoms with Gasteiger partial charge in [0.2, 0.25) is 11.8 Å². The summed E-state index contributed by atoms with van der Waals surface area (Å²) in [5, 5.41) is 2.29. The fraction of sp³-hybridized carbons (Fsp3) is 0.308. The summed E-state index contributed by atoms with van der Waals surface area (Å²) < 4.78 is 4.99. The van der Waals surface area contributed by atoms with E-state index in [-0.39, 0.29) is 13.0 Å². The molecule has 2 amide bonds. The summed E-state index contributed by atoms with van der Waals surface area (Å²) in [6.45, 7) is 1.36. The molecule has 6 nitrogen and oxygen atoms in total. The lowest BCUT2D eigenvalue weighted by molar-refractivity contribution is -0.147. The first-order valence-electron chi connectivity index (χ1n) is 5.75. The third-order valence-corrected chi connectivity index (χ3v) is 2.33. The molecule has 0 aliphatic heterocycles. The number of hydrogen-bond donors (Lipinski definition) is 2. The van der Waals surface area contributed by atoms with Crippen LogP contribution < -0.4 is 11.1 Å². The van der Waals surface area contributed by atoms with Crippen molar-refractivity contribution in [3.8, 4) is 0 Å². The Kier molecular flexibility index (Phi) is 5.53. The van der Waals surface area contributed by atoms with Crippen molar-refractivity contribution >= 4 is 17.8 Å². The molecule has 1 atom stereocenters. The second kappa shape index (κ2) is 7.15. The minimum absolute atomic E-state index is 0.116. The maximum Gasteiger partial charge on any atom is 0.308 e. The molecule has 0 heterocycles. The van der Waals surface area contributed by atoms with Gasteiger partial charge in [0.05, 0.1) is 6.42 Å². The van der Waals surface area contributed by atoms with E-state index in [0.29, 0.717) is 0 Å². The first-order valence-corrected chi connectivity index (χ1v) is 5.75. The highest BCUT2D eigenvalue weighted by molar-refractivity contribution is 5.89. The number of nitrogens with one attached hydrogen (secondary N) is 1. The van der Waals surface area contributed by atoms with Gasteiger partial charge in [-0.15, -0.1) is 0 Å². The Morgan fingerprint density at radius 2 is 1.89 bits per heavy atom. The van der Waals surface area contributed by atoms with Gasteiger partial charge in [0.25, 0.3) is 0 Å². The van der Waals surface area contributed by atoms with Crippen molar-refractivity contribution in [1.82, 2.24) is 5.32 Å². The lowest BCUT2D eigenvalue weighted by atomic mass is 10.2. The van der Waals surface area contributed by atoms with Gasteiger partial charge in [-0.25, -0.2) is 0 Å². The molecule has 102 valence electrons. The molecule has 1 rings (SSSR count). The number of nitrogens with two attached hydrogens (primary N) is 1. The van der Waals surface area contributed by atoms with Gasteiger partial charge in [-0.1, -0.05) is 30.3 Å². The first kappa shape index (κ1) is 14.7. The molecule has 0 saturated heterocycles. The lowest BCUT2D eigenvalue weighted by Crippen LogP contribution is -2.45. The predicted octanol–water partition coefficient (Wildman–Crippen LogP) is 0.110. The molecule has 1 aromatic carbocycles. The van der Waals surface area contributed by atoms with Crippen LogP contribution in [0.5, 0.6) is 0 Å². The number of primary amides is 1. The van der Waals surface area contributed by atoms with Crippen LogP contribution in [0.25, 0.3) is 0 Å². The minimum atomic E-state index is -1.04. The molecule has 0 fully saturated rings. The molecule has 0 aliphatic carbocycles. The standard InChI is InChI=1S/C13H16N2O4/c1-9(16)15-11(13(14)18)7-12(17)19-8-10-5-3-2-4-6-10/h2-6,11H,7-8H2,1H3,(H2,14,18)(H,15,16)/t11-/m1/s1. The third-order valence-electron chi connectivity index (χ3n) is 2.33. The van der Waals surface area contributed by atoms with Gasteiger partial charge in [-0.05, 0) is 5.56 Å². The Balaban J connectivity index is 2.45. The van der Waals surface area contributed by atoms with Crippen LogP contribution in [-0.2, 0) is 25.7 Å². The number of carbonyl (C=O) groups excluding carboxylic acids is 3. The first-order chi connectivity index (χ1) is 8.99. The number of esters is 1. The molecule has 0 spiro atoms. The molecule has 0 unspecified atom stereocenters. The van der Waals surface area contributed by atoms with Gasteiger partial charge >= 0.3 is 5.97 Å². The monoisotopic (exact) mass is 264 g/mol. The van der Waals surface area contributed by atoms with Gasteiger partial charge in [0, 0.05) is 6.92 Å². The van der Waals surface area contributed by atoms with Crippen LogP contribution in [-0.4, -0.2) is 23.8 Å². The van der Waals surface area contributed by atoms with E-state index in [1.54, 1.807) is 0 Å². The molecule has 19 heavy (non-hydrogen) atoms. The fourth-order valence-electron chi connectivity index (χ4n) is 1.43. The maximum absolute atomic E-state index is 11.5.